The number of likely N-dealkylation sites (tertiary alicyclic amines) is 2. The second-order valence-electron chi connectivity index (χ2n) is 8.73. The van der Waals surface area contributed by atoms with E-state index in [0.29, 0.717) is 29.7 Å². The molecule has 0 N–H and O–H groups in total. The summed E-state index contributed by atoms with van der Waals surface area (Å²) < 4.78 is 5.72. The number of nitrogens with zero attached hydrogens (tertiary/aromatic N) is 5. The zero-order valence-corrected chi connectivity index (χ0v) is 17.8. The molecular weight excluding hydrogens is 390 g/mol. The minimum Gasteiger partial charge on any atom is -0.339 e. The average Bonchev–Trinajstić information content (AvgIpc) is 3.42. The Kier molecular flexibility index (Phi) is 5.28. The monoisotopic (exact) mass is 417 g/mol. The lowest BCUT2D eigenvalue weighted by Gasteiger charge is -2.41. The van der Waals surface area contributed by atoms with Crippen LogP contribution in [-0.4, -0.2) is 63.6 Å². The number of aromatic nitrogens is 3. The van der Waals surface area contributed by atoms with Crippen LogP contribution >= 0.6 is 0 Å². The van der Waals surface area contributed by atoms with Crippen LogP contribution in [0.5, 0.6) is 0 Å². The molecule has 31 heavy (non-hydrogen) atoms. The molecule has 1 amide bonds. The molecule has 2 saturated heterocycles. The molecule has 0 radical (unpaired) electrons. The van der Waals surface area contributed by atoms with E-state index in [2.05, 4.69) is 50.4 Å². The summed E-state index contributed by atoms with van der Waals surface area (Å²) in [5.74, 6) is 1.72. The van der Waals surface area contributed by atoms with Gasteiger partial charge in [0.2, 0.25) is 5.89 Å². The SMILES string of the molecule is Cc1noc([C@@]23CN(CCc4ccccc4)C[C@@H]2CCN(C(=O)c2cccnc2)C3)n1. The highest BCUT2D eigenvalue weighted by Crippen LogP contribution is 2.44. The molecule has 0 bridgehead atoms. The Balaban J connectivity index is 1.38. The fourth-order valence-electron chi connectivity index (χ4n) is 5.11. The van der Waals surface area contributed by atoms with Crippen LogP contribution in [0.25, 0.3) is 0 Å². The molecule has 160 valence electrons. The molecule has 0 saturated carbocycles. The van der Waals surface area contributed by atoms with Gasteiger partial charge < -0.3 is 14.3 Å². The van der Waals surface area contributed by atoms with Crippen LogP contribution < -0.4 is 0 Å². The van der Waals surface area contributed by atoms with Crippen molar-refractivity contribution in [1.29, 1.82) is 0 Å². The molecule has 1 aromatic carbocycles. The third-order valence-electron chi connectivity index (χ3n) is 6.70. The van der Waals surface area contributed by atoms with Crippen LogP contribution in [0.2, 0.25) is 0 Å². The number of hydrogen-bond donors (Lipinski definition) is 0. The van der Waals surface area contributed by atoms with Crippen molar-refractivity contribution < 1.29 is 9.32 Å². The lowest BCUT2D eigenvalue weighted by atomic mass is 9.73. The van der Waals surface area contributed by atoms with Gasteiger partial charge in [-0.3, -0.25) is 9.78 Å². The van der Waals surface area contributed by atoms with Crippen molar-refractivity contribution >= 4 is 5.91 Å². The van der Waals surface area contributed by atoms with Gasteiger partial charge >= 0.3 is 0 Å². The molecule has 2 aliphatic heterocycles. The van der Waals surface area contributed by atoms with Crippen LogP contribution in [0.15, 0.2) is 59.4 Å². The summed E-state index contributed by atoms with van der Waals surface area (Å²) in [5.41, 5.74) is 1.64. The van der Waals surface area contributed by atoms with E-state index < -0.39 is 0 Å². The van der Waals surface area contributed by atoms with E-state index in [1.54, 1.807) is 18.5 Å². The predicted octanol–water partition coefficient (Wildman–Crippen LogP) is 2.73. The maximum atomic E-state index is 13.2. The number of carbonyl (C=O) groups excluding carboxylic acids is 1. The fourth-order valence-corrected chi connectivity index (χ4v) is 5.11. The standard InChI is InChI=1S/C24H27N5O2/c1-18-26-23(31-27-18)24-16-28(12-9-19-6-3-2-4-7-19)15-21(24)10-13-29(17-24)22(30)20-8-5-11-25-14-20/h2-8,11,14,21H,9-10,12-13,15-17H2,1H3/t21-,24+/m0/s1. The first kappa shape index (κ1) is 19.9. The molecule has 3 aromatic rings. The second kappa shape index (κ2) is 8.23. The number of benzene rings is 1. The van der Waals surface area contributed by atoms with Crippen molar-refractivity contribution in [3.63, 3.8) is 0 Å². The molecule has 2 fully saturated rings. The highest BCUT2D eigenvalue weighted by molar-refractivity contribution is 5.94. The number of pyridine rings is 1. The lowest BCUT2D eigenvalue weighted by molar-refractivity contribution is 0.0536. The van der Waals surface area contributed by atoms with E-state index in [1.165, 1.54) is 5.56 Å². The first-order valence-corrected chi connectivity index (χ1v) is 10.9. The zero-order chi connectivity index (χ0) is 21.3. The number of amides is 1. The van der Waals surface area contributed by atoms with E-state index in [4.69, 9.17) is 4.52 Å². The van der Waals surface area contributed by atoms with Gasteiger partial charge in [-0.25, -0.2) is 0 Å². The summed E-state index contributed by atoms with van der Waals surface area (Å²) in [6, 6.07) is 14.2. The number of piperidine rings is 1. The average molecular weight is 418 g/mol. The second-order valence-corrected chi connectivity index (χ2v) is 8.73. The molecular formula is C24H27N5O2. The summed E-state index contributed by atoms with van der Waals surface area (Å²) in [4.78, 5) is 26.3. The third kappa shape index (κ3) is 3.85. The van der Waals surface area contributed by atoms with E-state index in [9.17, 15) is 4.79 Å². The maximum Gasteiger partial charge on any atom is 0.255 e. The Morgan fingerprint density at radius 2 is 2.06 bits per heavy atom. The van der Waals surface area contributed by atoms with Gasteiger partial charge in [-0.2, -0.15) is 4.98 Å². The first-order chi connectivity index (χ1) is 15.1. The predicted molar refractivity (Wildman–Crippen MR) is 116 cm³/mol. The largest absolute Gasteiger partial charge is 0.339 e. The number of rotatable bonds is 5. The molecule has 7 nitrogen and oxygen atoms in total. The van der Waals surface area contributed by atoms with Gasteiger partial charge in [0.1, 0.15) is 0 Å². The summed E-state index contributed by atoms with van der Waals surface area (Å²) in [7, 11) is 0. The van der Waals surface area contributed by atoms with Crippen molar-refractivity contribution in [2.24, 2.45) is 5.92 Å². The normalized spacial score (nSPS) is 23.6. The fraction of sp³-hybridized carbons (Fsp3) is 0.417. The summed E-state index contributed by atoms with van der Waals surface area (Å²) in [6.07, 6.45) is 5.26. The van der Waals surface area contributed by atoms with Crippen molar-refractivity contribution in [2.75, 3.05) is 32.7 Å². The van der Waals surface area contributed by atoms with E-state index >= 15 is 0 Å². The lowest BCUT2D eigenvalue weighted by Crippen LogP contribution is -2.53. The molecule has 0 aliphatic carbocycles. The van der Waals surface area contributed by atoms with Crippen LogP contribution in [0, 0.1) is 12.8 Å². The molecule has 2 aromatic heterocycles. The molecule has 0 spiro atoms. The van der Waals surface area contributed by atoms with Crippen molar-refractivity contribution in [2.45, 2.75) is 25.2 Å². The van der Waals surface area contributed by atoms with Crippen molar-refractivity contribution in [3.05, 3.63) is 77.7 Å². The highest BCUT2D eigenvalue weighted by Gasteiger charge is 2.54. The van der Waals surface area contributed by atoms with Crippen LogP contribution in [0.3, 0.4) is 0 Å². The van der Waals surface area contributed by atoms with Gasteiger partial charge in [0, 0.05) is 45.1 Å². The van der Waals surface area contributed by atoms with Gasteiger partial charge in [-0.05, 0) is 43.4 Å². The number of aryl methyl sites for hydroxylation is 1. The number of carbonyl (C=O) groups is 1. The van der Waals surface area contributed by atoms with E-state index in [-0.39, 0.29) is 11.3 Å². The quantitative estimate of drug-likeness (QED) is 0.635. The molecule has 5 rings (SSSR count). The minimum absolute atomic E-state index is 0.0184. The third-order valence-corrected chi connectivity index (χ3v) is 6.70. The van der Waals surface area contributed by atoms with Gasteiger partial charge in [-0.1, -0.05) is 35.5 Å². The summed E-state index contributed by atoms with van der Waals surface area (Å²) in [5, 5.41) is 4.08. The highest BCUT2D eigenvalue weighted by atomic mass is 16.5. The van der Waals surface area contributed by atoms with Crippen LogP contribution in [-0.2, 0) is 11.8 Å². The van der Waals surface area contributed by atoms with Crippen molar-refractivity contribution in [3.8, 4) is 0 Å². The Morgan fingerprint density at radius 1 is 1.19 bits per heavy atom. The topological polar surface area (TPSA) is 75.4 Å². The molecule has 0 unspecified atom stereocenters. The van der Waals surface area contributed by atoms with Gasteiger partial charge in [0.25, 0.3) is 5.91 Å². The van der Waals surface area contributed by atoms with E-state index in [0.717, 1.165) is 39.0 Å². The number of fused-ring (bicyclic) bond motifs is 1. The minimum atomic E-state index is -0.325. The smallest absolute Gasteiger partial charge is 0.255 e. The molecule has 7 heteroatoms. The van der Waals surface area contributed by atoms with Crippen LogP contribution in [0.1, 0.15) is 34.1 Å². The Hall–Kier alpha value is -3.06. The van der Waals surface area contributed by atoms with Gasteiger partial charge in [0.15, 0.2) is 5.82 Å². The Labute approximate surface area is 182 Å². The maximum absolute atomic E-state index is 13.2. The van der Waals surface area contributed by atoms with Crippen LogP contribution in [0.4, 0.5) is 0 Å². The Bertz CT molecular complexity index is 1040. The van der Waals surface area contributed by atoms with E-state index in [1.807, 2.05) is 17.9 Å². The summed E-state index contributed by atoms with van der Waals surface area (Å²) >= 11 is 0. The Morgan fingerprint density at radius 3 is 2.81 bits per heavy atom. The molecule has 2 atom stereocenters. The first-order valence-electron chi connectivity index (χ1n) is 10.9. The van der Waals surface area contributed by atoms with Gasteiger partial charge in [0.05, 0.1) is 11.0 Å². The van der Waals surface area contributed by atoms with Gasteiger partial charge in [-0.15, -0.1) is 0 Å². The van der Waals surface area contributed by atoms with Crippen molar-refractivity contribution in [1.82, 2.24) is 24.9 Å². The zero-order valence-electron chi connectivity index (χ0n) is 17.8. The molecule has 4 heterocycles. The number of hydrogen-bond acceptors (Lipinski definition) is 6. The summed E-state index contributed by atoms with van der Waals surface area (Å²) in [6.45, 7) is 5.97. The molecule has 2 aliphatic rings.